The SMILES string of the molecule is COc1cc(-c2cn(C)c(=O)c3[nH]ncc23)cc(OC)c1CN1CCC(C2CCN(c3ccc(NC4CCC(=O)NC4=O)cc3)CC2)CC1.O=C(O)C(F)(F)F. The number of amides is 2. The summed E-state index contributed by atoms with van der Waals surface area (Å²) in [5.74, 6) is -0.204. The van der Waals surface area contributed by atoms with Crippen LogP contribution >= 0.6 is 0 Å². The second-order valence-corrected chi connectivity index (χ2v) is 14.4. The number of carbonyl (C=O) groups is 3. The number of aryl methyl sites for hydroxylation is 1. The van der Waals surface area contributed by atoms with Crippen molar-refractivity contribution in [3.8, 4) is 22.6 Å². The van der Waals surface area contributed by atoms with Gasteiger partial charge in [0.15, 0.2) is 0 Å². The highest BCUT2D eigenvalue weighted by atomic mass is 19.4. The number of alkyl halides is 3. The molecule has 2 aromatic heterocycles. The molecule has 1 atom stereocenters. The summed E-state index contributed by atoms with van der Waals surface area (Å²) < 4.78 is 45.1. The summed E-state index contributed by atoms with van der Waals surface area (Å²) in [5.41, 5.74) is 5.29. The maximum atomic E-state index is 12.6. The highest BCUT2D eigenvalue weighted by molar-refractivity contribution is 6.01. The van der Waals surface area contributed by atoms with Crippen molar-refractivity contribution in [2.45, 2.75) is 57.3 Å². The number of carboxylic acid groups (broad SMARTS) is 1. The standard InChI is InChI=1S/C37H45N7O5.C2HF3O2/c1-42-21-29(28-20-38-41-35(28)37(42)47)25-18-32(48-2)30(33(19-25)49-3)22-43-14-10-23(11-15-43)24-12-16-44(17-13-24)27-6-4-26(5-7-27)39-31-8-9-34(45)40-36(31)46;3-2(4,5)1(6)7/h4-7,18-21,23-24,31,39H,8-17,22H2,1-3H3,(H,38,41)(H,40,45,46);(H,6,7). The van der Waals surface area contributed by atoms with Crippen LogP contribution in [0, 0.1) is 11.8 Å². The Morgan fingerprint density at radius 3 is 2.09 bits per heavy atom. The van der Waals surface area contributed by atoms with E-state index in [-0.39, 0.29) is 23.4 Å². The Kier molecular flexibility index (Phi) is 12.2. The number of ether oxygens (including phenoxy) is 2. The zero-order valence-electron chi connectivity index (χ0n) is 31.4. The molecule has 0 bridgehead atoms. The molecule has 2 amide bonds. The molecule has 7 rings (SSSR count). The fraction of sp³-hybridized carbons (Fsp3) is 0.462. The molecule has 0 spiro atoms. The number of benzene rings is 2. The average molecular weight is 782 g/mol. The molecule has 300 valence electrons. The van der Waals surface area contributed by atoms with Crippen LogP contribution in [-0.2, 0) is 28.0 Å². The molecule has 0 radical (unpaired) electrons. The van der Waals surface area contributed by atoms with Crippen molar-refractivity contribution in [3.63, 3.8) is 0 Å². The lowest BCUT2D eigenvalue weighted by Gasteiger charge is -2.41. The number of likely N-dealkylation sites (tertiary alicyclic amines) is 1. The summed E-state index contributed by atoms with van der Waals surface area (Å²) >= 11 is 0. The molecule has 4 N–H and O–H groups in total. The summed E-state index contributed by atoms with van der Waals surface area (Å²) in [6.45, 7) is 4.92. The number of hydrogen-bond donors (Lipinski definition) is 4. The van der Waals surface area contributed by atoms with E-state index in [1.165, 1.54) is 31.4 Å². The number of nitrogens with one attached hydrogen (secondary N) is 3. The van der Waals surface area contributed by atoms with Gasteiger partial charge in [0.25, 0.3) is 5.56 Å². The van der Waals surface area contributed by atoms with Gasteiger partial charge in [-0.3, -0.25) is 29.7 Å². The van der Waals surface area contributed by atoms with Crippen molar-refractivity contribution in [3.05, 3.63) is 64.7 Å². The van der Waals surface area contributed by atoms with Crippen LogP contribution < -0.4 is 30.6 Å². The first-order chi connectivity index (χ1) is 26.7. The summed E-state index contributed by atoms with van der Waals surface area (Å²) in [4.78, 5) is 50.0. The number of aromatic amines is 1. The second kappa shape index (κ2) is 17.1. The minimum atomic E-state index is -5.08. The number of anilines is 2. The van der Waals surface area contributed by atoms with Gasteiger partial charge in [-0.1, -0.05) is 0 Å². The molecule has 5 heterocycles. The maximum absolute atomic E-state index is 12.6. The Morgan fingerprint density at radius 1 is 0.946 bits per heavy atom. The van der Waals surface area contributed by atoms with Crippen molar-refractivity contribution in [2.75, 3.05) is 50.6 Å². The topological polar surface area (TPSA) is 171 Å². The number of aliphatic carboxylic acids is 1. The number of methoxy groups -OCH3 is 2. The molecule has 3 aliphatic rings. The first-order valence-corrected chi connectivity index (χ1v) is 18.5. The van der Waals surface area contributed by atoms with E-state index >= 15 is 0 Å². The highest BCUT2D eigenvalue weighted by Crippen LogP contribution is 2.39. The fourth-order valence-corrected chi connectivity index (χ4v) is 7.91. The van der Waals surface area contributed by atoms with E-state index in [9.17, 15) is 27.6 Å². The molecule has 2 aromatic carbocycles. The average Bonchev–Trinajstić information content (AvgIpc) is 3.69. The van der Waals surface area contributed by atoms with Gasteiger partial charge in [0.1, 0.15) is 23.1 Å². The maximum Gasteiger partial charge on any atom is 0.490 e. The van der Waals surface area contributed by atoms with Crippen LogP contribution in [0.4, 0.5) is 24.5 Å². The van der Waals surface area contributed by atoms with E-state index in [1.807, 2.05) is 30.5 Å². The molecular weight excluding hydrogens is 735 g/mol. The Bertz CT molecular complexity index is 2080. The smallest absolute Gasteiger partial charge is 0.490 e. The van der Waals surface area contributed by atoms with Gasteiger partial charge in [-0.05, 0) is 99.0 Å². The molecule has 0 saturated carbocycles. The number of piperidine rings is 3. The van der Waals surface area contributed by atoms with Crippen molar-refractivity contribution >= 4 is 40.1 Å². The third-order valence-corrected chi connectivity index (χ3v) is 11.0. The number of pyridine rings is 1. The second-order valence-electron chi connectivity index (χ2n) is 14.4. The Balaban J connectivity index is 0.000000695. The Morgan fingerprint density at radius 2 is 1.54 bits per heavy atom. The van der Waals surface area contributed by atoms with E-state index in [1.54, 1.807) is 32.0 Å². The number of rotatable bonds is 9. The molecule has 14 nitrogen and oxygen atoms in total. The molecule has 56 heavy (non-hydrogen) atoms. The predicted octanol–water partition coefficient (Wildman–Crippen LogP) is 4.92. The van der Waals surface area contributed by atoms with Crippen LogP contribution in [0.15, 0.2) is 53.6 Å². The molecule has 1 unspecified atom stereocenters. The quantitative estimate of drug-likeness (QED) is 0.170. The fourth-order valence-electron chi connectivity index (χ4n) is 7.91. The molecule has 4 aromatic rings. The summed E-state index contributed by atoms with van der Waals surface area (Å²) in [5, 5.41) is 20.5. The van der Waals surface area contributed by atoms with Crippen LogP contribution in [-0.4, -0.2) is 95.2 Å². The van der Waals surface area contributed by atoms with Gasteiger partial charge in [-0.15, -0.1) is 0 Å². The van der Waals surface area contributed by atoms with Crippen molar-refractivity contribution in [2.24, 2.45) is 18.9 Å². The molecule has 3 saturated heterocycles. The van der Waals surface area contributed by atoms with Crippen LogP contribution in [0.2, 0.25) is 0 Å². The zero-order valence-corrected chi connectivity index (χ0v) is 31.4. The minimum Gasteiger partial charge on any atom is -0.496 e. The van der Waals surface area contributed by atoms with E-state index in [4.69, 9.17) is 19.4 Å². The van der Waals surface area contributed by atoms with E-state index in [2.05, 4.69) is 42.8 Å². The lowest BCUT2D eigenvalue weighted by atomic mass is 9.78. The monoisotopic (exact) mass is 781 g/mol. The number of carbonyl (C=O) groups excluding carboxylic acids is 2. The number of H-pyrrole nitrogens is 1. The number of carboxylic acids is 1. The summed E-state index contributed by atoms with van der Waals surface area (Å²) in [7, 11) is 5.14. The van der Waals surface area contributed by atoms with Gasteiger partial charge < -0.3 is 29.4 Å². The third-order valence-electron chi connectivity index (χ3n) is 11.0. The first kappa shape index (κ1) is 40.1. The van der Waals surface area contributed by atoms with Gasteiger partial charge in [-0.2, -0.15) is 18.3 Å². The van der Waals surface area contributed by atoms with Gasteiger partial charge in [0.2, 0.25) is 11.8 Å². The number of halogens is 3. The van der Waals surface area contributed by atoms with E-state index in [0.29, 0.717) is 18.4 Å². The van der Waals surface area contributed by atoms with Gasteiger partial charge in [0.05, 0.1) is 26.0 Å². The molecule has 3 aliphatic heterocycles. The van der Waals surface area contributed by atoms with Crippen molar-refractivity contribution in [1.82, 2.24) is 25.0 Å². The normalized spacial score (nSPS) is 18.6. The van der Waals surface area contributed by atoms with Crippen molar-refractivity contribution < 1.29 is 42.1 Å². The Hall–Kier alpha value is -5.58. The molecule has 3 fully saturated rings. The van der Waals surface area contributed by atoms with Crippen LogP contribution in [0.5, 0.6) is 11.5 Å². The largest absolute Gasteiger partial charge is 0.496 e. The van der Waals surface area contributed by atoms with Crippen LogP contribution in [0.25, 0.3) is 22.0 Å². The number of imide groups is 1. The molecular formula is C39H46F3N7O7. The lowest BCUT2D eigenvalue weighted by Crippen LogP contribution is -2.47. The third kappa shape index (κ3) is 9.09. The molecule has 0 aliphatic carbocycles. The predicted molar refractivity (Wildman–Crippen MR) is 203 cm³/mol. The number of hydrogen-bond acceptors (Lipinski definition) is 10. The summed E-state index contributed by atoms with van der Waals surface area (Å²) in [6, 6.07) is 12.0. The van der Waals surface area contributed by atoms with Crippen molar-refractivity contribution in [1.29, 1.82) is 0 Å². The summed E-state index contributed by atoms with van der Waals surface area (Å²) in [6.07, 6.45) is 4.08. The van der Waals surface area contributed by atoms with Gasteiger partial charge in [-0.25, -0.2) is 4.79 Å². The van der Waals surface area contributed by atoms with E-state index in [0.717, 1.165) is 83.8 Å². The number of aromatic nitrogens is 3. The lowest BCUT2D eigenvalue weighted by molar-refractivity contribution is -0.192. The van der Waals surface area contributed by atoms with Gasteiger partial charge in [0, 0.05) is 61.6 Å². The molecule has 17 heteroatoms. The van der Waals surface area contributed by atoms with Gasteiger partial charge >= 0.3 is 12.1 Å². The van der Waals surface area contributed by atoms with Crippen LogP contribution in [0.3, 0.4) is 0 Å². The number of fused-ring (bicyclic) bond motifs is 1. The first-order valence-electron chi connectivity index (χ1n) is 18.5. The Labute approximate surface area is 320 Å². The minimum absolute atomic E-state index is 0.117. The zero-order chi connectivity index (χ0) is 40.1. The van der Waals surface area contributed by atoms with E-state index < -0.39 is 12.1 Å². The number of nitrogens with zero attached hydrogens (tertiary/aromatic N) is 4. The van der Waals surface area contributed by atoms with Crippen LogP contribution in [0.1, 0.15) is 44.1 Å². The highest BCUT2D eigenvalue weighted by Gasteiger charge is 2.38.